The second-order valence-electron chi connectivity index (χ2n) is 2.24. The molecular weight excluding hydrogens is 130 g/mol. The number of hydrogen-bond donors (Lipinski definition) is 0. The van der Waals surface area contributed by atoms with Crippen molar-refractivity contribution >= 4 is 11.7 Å². The summed E-state index contributed by atoms with van der Waals surface area (Å²) in [7, 11) is 0. The molecule has 0 unspecified atom stereocenters. The SMILES string of the molecule is CCCCC(=O)CC([NH])=O. The molecule has 0 aliphatic heterocycles. The van der Waals surface area contributed by atoms with E-state index in [1.165, 1.54) is 0 Å². The first-order valence-electron chi connectivity index (χ1n) is 3.43. The van der Waals surface area contributed by atoms with E-state index >= 15 is 0 Å². The monoisotopic (exact) mass is 142 g/mol. The Balaban J connectivity index is 3.35. The molecule has 0 heterocycles. The zero-order valence-electron chi connectivity index (χ0n) is 6.14. The maximum Gasteiger partial charge on any atom is 0.245 e. The predicted molar refractivity (Wildman–Crippen MR) is 37.3 cm³/mol. The fourth-order valence-corrected chi connectivity index (χ4v) is 0.641. The summed E-state index contributed by atoms with van der Waals surface area (Å²) in [5, 5.41) is 0. The van der Waals surface area contributed by atoms with E-state index in [1.54, 1.807) is 0 Å². The molecule has 1 N–H and O–H groups in total. The van der Waals surface area contributed by atoms with Gasteiger partial charge in [-0.1, -0.05) is 13.3 Å². The fourth-order valence-electron chi connectivity index (χ4n) is 0.641. The quantitative estimate of drug-likeness (QED) is 0.536. The van der Waals surface area contributed by atoms with Gasteiger partial charge in [-0.05, 0) is 6.42 Å². The first-order chi connectivity index (χ1) is 4.66. The predicted octanol–water partition coefficient (Wildman–Crippen LogP) is 0.945. The topological polar surface area (TPSA) is 57.9 Å². The Bertz CT molecular complexity index is 132. The third kappa shape index (κ3) is 5.28. The first kappa shape index (κ1) is 9.14. The molecule has 0 fully saturated rings. The van der Waals surface area contributed by atoms with Gasteiger partial charge in [-0.25, -0.2) is 0 Å². The van der Waals surface area contributed by atoms with Crippen LogP contribution < -0.4 is 5.73 Å². The molecule has 1 amide bonds. The normalized spacial score (nSPS) is 9.30. The minimum Gasteiger partial charge on any atom is -0.299 e. The summed E-state index contributed by atoms with van der Waals surface area (Å²) in [4.78, 5) is 20.7. The van der Waals surface area contributed by atoms with E-state index in [-0.39, 0.29) is 12.2 Å². The summed E-state index contributed by atoms with van der Waals surface area (Å²) < 4.78 is 0. The number of hydrogen-bond acceptors (Lipinski definition) is 2. The summed E-state index contributed by atoms with van der Waals surface area (Å²) in [6.45, 7) is 1.98. The highest BCUT2D eigenvalue weighted by atomic mass is 16.2. The van der Waals surface area contributed by atoms with Gasteiger partial charge in [0.05, 0.1) is 6.42 Å². The van der Waals surface area contributed by atoms with E-state index in [9.17, 15) is 9.59 Å². The molecule has 10 heavy (non-hydrogen) atoms. The van der Waals surface area contributed by atoms with Crippen LogP contribution in [0.3, 0.4) is 0 Å². The van der Waals surface area contributed by atoms with Gasteiger partial charge >= 0.3 is 0 Å². The molecule has 0 bridgehead atoms. The molecule has 0 aromatic rings. The van der Waals surface area contributed by atoms with E-state index in [0.29, 0.717) is 6.42 Å². The van der Waals surface area contributed by atoms with Crippen LogP contribution in [-0.4, -0.2) is 11.7 Å². The van der Waals surface area contributed by atoms with Crippen molar-refractivity contribution in [2.24, 2.45) is 0 Å². The van der Waals surface area contributed by atoms with Crippen molar-refractivity contribution in [2.45, 2.75) is 32.6 Å². The van der Waals surface area contributed by atoms with E-state index in [0.717, 1.165) is 12.8 Å². The summed E-state index contributed by atoms with van der Waals surface area (Å²) >= 11 is 0. The lowest BCUT2D eigenvalue weighted by Gasteiger charge is -1.93. The highest BCUT2D eigenvalue weighted by Gasteiger charge is 2.04. The number of ketones is 1. The smallest absolute Gasteiger partial charge is 0.245 e. The van der Waals surface area contributed by atoms with Crippen LogP contribution in [0.4, 0.5) is 0 Å². The van der Waals surface area contributed by atoms with Gasteiger partial charge in [0.2, 0.25) is 5.91 Å². The number of Topliss-reactive ketones (excluding diaryl/α,β-unsaturated/α-hetero) is 1. The fraction of sp³-hybridized carbons (Fsp3) is 0.714. The van der Waals surface area contributed by atoms with Crippen molar-refractivity contribution in [2.75, 3.05) is 0 Å². The maximum absolute atomic E-state index is 10.7. The van der Waals surface area contributed by atoms with Gasteiger partial charge in [0.15, 0.2) is 0 Å². The Kier molecular flexibility index (Phi) is 4.54. The largest absolute Gasteiger partial charge is 0.299 e. The summed E-state index contributed by atoms with van der Waals surface area (Å²) in [5.74, 6) is -0.886. The minimum atomic E-state index is -0.777. The van der Waals surface area contributed by atoms with Crippen molar-refractivity contribution in [3.63, 3.8) is 0 Å². The molecule has 0 atom stereocenters. The molecule has 0 aromatic carbocycles. The zero-order chi connectivity index (χ0) is 7.98. The third-order valence-electron chi connectivity index (χ3n) is 1.17. The van der Waals surface area contributed by atoms with Gasteiger partial charge in [-0.2, -0.15) is 0 Å². The van der Waals surface area contributed by atoms with Crippen molar-refractivity contribution in [1.82, 2.24) is 5.73 Å². The lowest BCUT2D eigenvalue weighted by molar-refractivity contribution is -0.126. The van der Waals surface area contributed by atoms with Crippen LogP contribution in [0.5, 0.6) is 0 Å². The van der Waals surface area contributed by atoms with Gasteiger partial charge < -0.3 is 0 Å². The standard InChI is InChI=1S/C7H12NO2/c1-2-3-4-6(9)5-7(8)10/h8H,2-5H2,1H3. The van der Waals surface area contributed by atoms with Crippen LogP contribution in [-0.2, 0) is 9.59 Å². The highest BCUT2D eigenvalue weighted by molar-refractivity contribution is 5.96. The molecule has 3 heteroatoms. The van der Waals surface area contributed by atoms with Crippen molar-refractivity contribution in [1.29, 1.82) is 0 Å². The molecule has 0 spiro atoms. The Morgan fingerprint density at radius 1 is 1.40 bits per heavy atom. The first-order valence-corrected chi connectivity index (χ1v) is 3.43. The maximum atomic E-state index is 10.7. The molecule has 0 aliphatic rings. The number of rotatable bonds is 5. The molecule has 57 valence electrons. The Morgan fingerprint density at radius 3 is 2.40 bits per heavy atom. The molecule has 1 radical (unpaired) electrons. The van der Waals surface area contributed by atoms with Crippen molar-refractivity contribution < 1.29 is 9.59 Å². The lowest BCUT2D eigenvalue weighted by Crippen LogP contribution is -2.07. The van der Waals surface area contributed by atoms with E-state index in [2.05, 4.69) is 0 Å². The van der Waals surface area contributed by atoms with Crippen molar-refractivity contribution in [3.05, 3.63) is 0 Å². The highest BCUT2D eigenvalue weighted by Crippen LogP contribution is 1.97. The van der Waals surface area contributed by atoms with Crippen LogP contribution in [0.2, 0.25) is 0 Å². The molecular formula is C7H12NO2. The summed E-state index contributed by atoms with van der Waals surface area (Å²) in [6.07, 6.45) is 2.02. The van der Waals surface area contributed by atoms with Gasteiger partial charge in [0, 0.05) is 6.42 Å². The molecule has 0 rings (SSSR count). The van der Waals surface area contributed by atoms with Crippen LogP contribution >= 0.6 is 0 Å². The molecule has 0 saturated carbocycles. The molecule has 0 aliphatic carbocycles. The average molecular weight is 142 g/mol. The second kappa shape index (κ2) is 4.97. The summed E-state index contributed by atoms with van der Waals surface area (Å²) in [6, 6.07) is 0. The van der Waals surface area contributed by atoms with Gasteiger partial charge in [-0.3, -0.25) is 15.3 Å². The van der Waals surface area contributed by atoms with E-state index in [1.807, 2.05) is 6.92 Å². The zero-order valence-corrected chi connectivity index (χ0v) is 6.14. The number of carbonyl (C=O) groups excluding carboxylic acids is 2. The second-order valence-corrected chi connectivity index (χ2v) is 2.24. The van der Waals surface area contributed by atoms with Crippen molar-refractivity contribution in [3.8, 4) is 0 Å². The van der Waals surface area contributed by atoms with E-state index in [4.69, 9.17) is 5.73 Å². The Morgan fingerprint density at radius 2 is 2.00 bits per heavy atom. The third-order valence-corrected chi connectivity index (χ3v) is 1.17. The lowest BCUT2D eigenvalue weighted by atomic mass is 10.1. The average Bonchev–Trinajstić information content (AvgIpc) is 1.82. The van der Waals surface area contributed by atoms with Gasteiger partial charge in [0.1, 0.15) is 5.78 Å². The van der Waals surface area contributed by atoms with Crippen LogP contribution in [0.25, 0.3) is 0 Å². The minimum absolute atomic E-state index is 0.109. The number of amides is 1. The van der Waals surface area contributed by atoms with Gasteiger partial charge in [-0.15, -0.1) is 0 Å². The number of unbranched alkanes of at least 4 members (excludes halogenated alkanes) is 1. The van der Waals surface area contributed by atoms with Gasteiger partial charge in [0.25, 0.3) is 0 Å². The molecule has 3 nitrogen and oxygen atoms in total. The number of carbonyl (C=O) groups is 2. The Hall–Kier alpha value is -0.860. The number of nitrogens with one attached hydrogen (secondary N) is 1. The Labute approximate surface area is 60.6 Å². The summed E-state index contributed by atoms with van der Waals surface area (Å²) in [5.41, 5.74) is 6.48. The van der Waals surface area contributed by atoms with Crippen LogP contribution in [0.1, 0.15) is 32.6 Å². The molecule has 0 saturated heterocycles. The van der Waals surface area contributed by atoms with Crippen LogP contribution in [0, 0.1) is 0 Å². The van der Waals surface area contributed by atoms with E-state index < -0.39 is 5.91 Å². The molecule has 0 aromatic heterocycles. The van der Waals surface area contributed by atoms with Crippen LogP contribution in [0.15, 0.2) is 0 Å².